The van der Waals surface area contributed by atoms with Gasteiger partial charge in [-0.25, -0.2) is 4.79 Å². The lowest BCUT2D eigenvalue weighted by Crippen LogP contribution is -2.42. The molecule has 0 heterocycles. The van der Waals surface area contributed by atoms with Crippen molar-refractivity contribution in [1.29, 1.82) is 0 Å². The fourth-order valence-corrected chi connectivity index (χ4v) is 1.52. The first-order chi connectivity index (χ1) is 9.35. The number of nitrogens with one attached hydrogen (secondary N) is 1. The van der Waals surface area contributed by atoms with Gasteiger partial charge < -0.3 is 20.3 Å². The van der Waals surface area contributed by atoms with Gasteiger partial charge in [-0.15, -0.1) is 0 Å². The summed E-state index contributed by atoms with van der Waals surface area (Å²) in [5.74, 6) is -3.16. The number of phenols is 1. The number of aryl methyl sites for hydroxylation is 1. The topological polar surface area (TPSA) is 113 Å². The molecule has 1 atom stereocenters. The number of amides is 1. The highest BCUT2D eigenvalue weighted by molar-refractivity contribution is 5.99. The van der Waals surface area contributed by atoms with E-state index < -0.39 is 30.3 Å². The smallest absolute Gasteiger partial charge is 0.326 e. The van der Waals surface area contributed by atoms with Crippen molar-refractivity contribution in [3.8, 4) is 5.75 Å². The van der Waals surface area contributed by atoms with Gasteiger partial charge in [0.1, 0.15) is 11.8 Å². The Hall–Kier alpha value is -2.57. The van der Waals surface area contributed by atoms with Gasteiger partial charge in [0.05, 0.1) is 19.1 Å². The van der Waals surface area contributed by atoms with Crippen molar-refractivity contribution in [1.82, 2.24) is 5.32 Å². The average Bonchev–Trinajstić information content (AvgIpc) is 2.37. The van der Waals surface area contributed by atoms with Gasteiger partial charge in [-0.05, 0) is 24.6 Å². The molecule has 0 fully saturated rings. The fourth-order valence-electron chi connectivity index (χ4n) is 1.52. The third kappa shape index (κ3) is 3.98. The number of carboxylic acid groups (broad SMARTS) is 1. The van der Waals surface area contributed by atoms with Crippen molar-refractivity contribution in [3.63, 3.8) is 0 Å². The number of benzene rings is 1. The van der Waals surface area contributed by atoms with Crippen molar-refractivity contribution in [3.05, 3.63) is 29.3 Å². The van der Waals surface area contributed by atoms with E-state index in [9.17, 15) is 19.5 Å². The van der Waals surface area contributed by atoms with Gasteiger partial charge in [0.25, 0.3) is 5.91 Å². The van der Waals surface area contributed by atoms with Gasteiger partial charge in [0, 0.05) is 0 Å². The summed E-state index contributed by atoms with van der Waals surface area (Å²) in [7, 11) is 1.12. The lowest BCUT2D eigenvalue weighted by Gasteiger charge is -2.14. The van der Waals surface area contributed by atoms with Crippen LogP contribution in [-0.4, -0.2) is 41.2 Å². The number of rotatable bonds is 5. The van der Waals surface area contributed by atoms with Gasteiger partial charge in [-0.3, -0.25) is 9.59 Å². The standard InChI is InChI=1S/C13H15NO6/c1-7-3-4-8(10(15)5-7)12(17)14-9(13(18)19)6-11(16)20-2/h3-5,9,15H,6H2,1-2H3,(H,14,17)(H,18,19)/t9-/m0/s1. The molecule has 7 nitrogen and oxygen atoms in total. The largest absolute Gasteiger partial charge is 0.507 e. The van der Waals surface area contributed by atoms with Crippen LogP contribution < -0.4 is 5.32 Å². The van der Waals surface area contributed by atoms with Crippen LogP contribution in [0.5, 0.6) is 5.75 Å². The van der Waals surface area contributed by atoms with Gasteiger partial charge in [-0.1, -0.05) is 6.07 Å². The van der Waals surface area contributed by atoms with Gasteiger partial charge in [-0.2, -0.15) is 0 Å². The molecule has 0 saturated carbocycles. The number of aliphatic carboxylic acids is 1. The van der Waals surface area contributed by atoms with Crippen LogP contribution in [0.3, 0.4) is 0 Å². The molecule has 0 bridgehead atoms. The number of carbonyl (C=O) groups is 3. The second-order valence-electron chi connectivity index (χ2n) is 4.17. The molecule has 1 amide bonds. The second-order valence-corrected chi connectivity index (χ2v) is 4.17. The molecule has 0 spiro atoms. The zero-order chi connectivity index (χ0) is 15.3. The predicted octanol–water partition coefficient (Wildman–Crippen LogP) is 0.447. The van der Waals surface area contributed by atoms with E-state index in [0.29, 0.717) is 0 Å². The Labute approximate surface area is 115 Å². The molecule has 7 heteroatoms. The molecule has 0 unspecified atom stereocenters. The number of ether oxygens (including phenoxy) is 1. The number of aromatic hydroxyl groups is 1. The minimum Gasteiger partial charge on any atom is -0.507 e. The number of phenolic OH excluding ortho intramolecular Hbond substituents is 1. The van der Waals surface area contributed by atoms with Crippen LogP contribution in [0.15, 0.2) is 18.2 Å². The van der Waals surface area contributed by atoms with E-state index in [0.717, 1.165) is 12.7 Å². The summed E-state index contributed by atoms with van der Waals surface area (Å²) < 4.78 is 4.35. The van der Waals surface area contributed by atoms with Gasteiger partial charge in [0.2, 0.25) is 0 Å². The van der Waals surface area contributed by atoms with E-state index in [-0.39, 0.29) is 11.3 Å². The van der Waals surface area contributed by atoms with E-state index in [1.54, 1.807) is 13.0 Å². The van der Waals surface area contributed by atoms with E-state index in [4.69, 9.17) is 5.11 Å². The highest BCUT2D eigenvalue weighted by Gasteiger charge is 2.25. The summed E-state index contributed by atoms with van der Waals surface area (Å²) in [5, 5.41) is 20.7. The van der Waals surface area contributed by atoms with Crippen molar-refractivity contribution < 1.29 is 29.3 Å². The van der Waals surface area contributed by atoms with Crippen LogP contribution in [0.25, 0.3) is 0 Å². The molecule has 1 aromatic carbocycles. The third-order valence-corrected chi connectivity index (χ3v) is 2.60. The molecule has 20 heavy (non-hydrogen) atoms. The second kappa shape index (κ2) is 6.55. The molecule has 0 radical (unpaired) electrons. The number of hydrogen-bond acceptors (Lipinski definition) is 5. The molecule has 0 aliphatic heterocycles. The maximum Gasteiger partial charge on any atom is 0.326 e. The first-order valence-corrected chi connectivity index (χ1v) is 5.75. The first kappa shape index (κ1) is 15.5. The number of hydrogen-bond donors (Lipinski definition) is 3. The van der Waals surface area contributed by atoms with E-state index in [1.807, 2.05) is 0 Å². The number of carboxylic acids is 1. The van der Waals surface area contributed by atoms with E-state index in [1.165, 1.54) is 12.1 Å². The molecule has 108 valence electrons. The van der Waals surface area contributed by atoms with Crippen molar-refractivity contribution >= 4 is 17.8 Å². The Morgan fingerprint density at radius 1 is 1.35 bits per heavy atom. The van der Waals surface area contributed by atoms with Crippen LogP contribution in [0.1, 0.15) is 22.3 Å². The highest BCUT2D eigenvalue weighted by atomic mass is 16.5. The molecular weight excluding hydrogens is 266 g/mol. The normalized spacial score (nSPS) is 11.5. The summed E-state index contributed by atoms with van der Waals surface area (Å²) in [4.78, 5) is 33.9. The quantitative estimate of drug-likeness (QED) is 0.675. The van der Waals surface area contributed by atoms with Gasteiger partial charge >= 0.3 is 11.9 Å². The van der Waals surface area contributed by atoms with Crippen LogP contribution >= 0.6 is 0 Å². The van der Waals surface area contributed by atoms with Gasteiger partial charge in [0.15, 0.2) is 0 Å². The lowest BCUT2D eigenvalue weighted by molar-refractivity contribution is -0.147. The maximum atomic E-state index is 11.9. The molecule has 0 aliphatic carbocycles. The third-order valence-electron chi connectivity index (χ3n) is 2.60. The molecule has 0 saturated heterocycles. The summed E-state index contributed by atoms with van der Waals surface area (Å²) in [6.07, 6.45) is -0.496. The number of esters is 1. The monoisotopic (exact) mass is 281 g/mol. The summed E-state index contributed by atoms with van der Waals surface area (Å²) in [5.41, 5.74) is 0.690. The van der Waals surface area contributed by atoms with E-state index >= 15 is 0 Å². The zero-order valence-electron chi connectivity index (χ0n) is 11.0. The zero-order valence-corrected chi connectivity index (χ0v) is 11.0. The van der Waals surface area contributed by atoms with Crippen LogP contribution in [0.4, 0.5) is 0 Å². The highest BCUT2D eigenvalue weighted by Crippen LogP contribution is 2.18. The Balaban J connectivity index is 2.85. The van der Waals surface area contributed by atoms with Crippen molar-refractivity contribution in [2.75, 3.05) is 7.11 Å². The average molecular weight is 281 g/mol. The Kier molecular flexibility index (Phi) is 5.08. The predicted molar refractivity (Wildman–Crippen MR) is 68.4 cm³/mol. The molecule has 1 aromatic rings. The molecule has 1 rings (SSSR count). The molecule has 3 N–H and O–H groups in total. The Morgan fingerprint density at radius 2 is 2.00 bits per heavy atom. The van der Waals surface area contributed by atoms with E-state index in [2.05, 4.69) is 10.1 Å². The molecule has 0 aromatic heterocycles. The fraction of sp³-hybridized carbons (Fsp3) is 0.308. The number of methoxy groups -OCH3 is 1. The lowest BCUT2D eigenvalue weighted by atomic mass is 10.1. The molecular formula is C13H15NO6. The number of carbonyl (C=O) groups excluding carboxylic acids is 2. The first-order valence-electron chi connectivity index (χ1n) is 5.75. The Bertz CT molecular complexity index is 540. The summed E-state index contributed by atoms with van der Waals surface area (Å²) in [6, 6.07) is 2.93. The maximum absolute atomic E-state index is 11.9. The van der Waals surface area contributed by atoms with Crippen LogP contribution in [0, 0.1) is 6.92 Å². The van der Waals surface area contributed by atoms with Crippen molar-refractivity contribution in [2.45, 2.75) is 19.4 Å². The summed E-state index contributed by atoms with van der Waals surface area (Å²) in [6.45, 7) is 1.73. The van der Waals surface area contributed by atoms with Crippen LogP contribution in [0.2, 0.25) is 0 Å². The SMILES string of the molecule is COC(=O)C[C@H](NC(=O)c1ccc(C)cc1O)C(=O)O. The Morgan fingerprint density at radius 3 is 2.50 bits per heavy atom. The minimum absolute atomic E-state index is 0.0632. The minimum atomic E-state index is -1.42. The summed E-state index contributed by atoms with van der Waals surface area (Å²) >= 11 is 0. The van der Waals surface area contributed by atoms with Crippen molar-refractivity contribution in [2.24, 2.45) is 0 Å². The molecule has 0 aliphatic rings. The van der Waals surface area contributed by atoms with Crippen LogP contribution in [-0.2, 0) is 14.3 Å².